The first-order chi connectivity index (χ1) is 8.16. The summed E-state index contributed by atoms with van der Waals surface area (Å²) >= 11 is 0. The van der Waals surface area contributed by atoms with E-state index >= 15 is 0 Å². The predicted octanol–water partition coefficient (Wildman–Crippen LogP) is 4.12. The van der Waals surface area contributed by atoms with Crippen molar-refractivity contribution in [1.29, 1.82) is 0 Å². The van der Waals surface area contributed by atoms with Crippen molar-refractivity contribution in [2.24, 2.45) is 5.92 Å². The number of carbonyl (C=O) groups excluding carboxylic acids is 1. The van der Waals surface area contributed by atoms with Gasteiger partial charge in [0.1, 0.15) is 0 Å². The molecule has 0 N–H and O–H groups in total. The van der Waals surface area contributed by atoms with Gasteiger partial charge in [0.05, 0.1) is 0 Å². The summed E-state index contributed by atoms with van der Waals surface area (Å²) in [6.45, 7) is 8.69. The van der Waals surface area contributed by atoms with Crippen molar-refractivity contribution in [2.45, 2.75) is 71.6 Å². The summed E-state index contributed by atoms with van der Waals surface area (Å²) < 4.78 is 0. The van der Waals surface area contributed by atoms with E-state index in [4.69, 9.17) is 0 Å². The van der Waals surface area contributed by atoms with E-state index in [-0.39, 0.29) is 5.91 Å². The summed E-state index contributed by atoms with van der Waals surface area (Å²) in [5.41, 5.74) is 0. The van der Waals surface area contributed by atoms with Crippen LogP contribution in [0.15, 0.2) is 0 Å². The van der Waals surface area contributed by atoms with Gasteiger partial charge in [0.2, 0.25) is 5.91 Å². The van der Waals surface area contributed by atoms with Gasteiger partial charge in [-0.2, -0.15) is 0 Å². The summed E-state index contributed by atoms with van der Waals surface area (Å²) in [6, 6.07) is 0. The second-order valence-corrected chi connectivity index (χ2v) is 5.21. The molecule has 2 nitrogen and oxygen atoms in total. The maximum Gasteiger partial charge on any atom is 0.241 e. The molecule has 0 atom stereocenters. The molecule has 0 unspecified atom stereocenters. The SMILES string of the molecule is [CH2]CCCCCCCCCC(=O)[N]CC(C)C. The summed E-state index contributed by atoms with van der Waals surface area (Å²) in [5.74, 6) is 0.586. The van der Waals surface area contributed by atoms with Gasteiger partial charge < -0.3 is 0 Å². The standard InChI is InChI=1S/C15H29NO/c1-4-5-6-7-8-9-10-11-12-15(17)16-13-14(2)3/h14H,1,4-13H2,2-3H3. The molecule has 0 fully saturated rings. The number of amides is 1. The van der Waals surface area contributed by atoms with Crippen molar-refractivity contribution in [1.82, 2.24) is 5.32 Å². The van der Waals surface area contributed by atoms with Crippen molar-refractivity contribution in [2.75, 3.05) is 6.54 Å². The lowest BCUT2D eigenvalue weighted by atomic mass is 10.1. The monoisotopic (exact) mass is 239 g/mol. The molecule has 100 valence electrons. The smallest absolute Gasteiger partial charge is 0.241 e. The average Bonchev–Trinajstić information content (AvgIpc) is 2.30. The van der Waals surface area contributed by atoms with Crippen LogP contribution >= 0.6 is 0 Å². The summed E-state index contributed by atoms with van der Waals surface area (Å²) in [4.78, 5) is 11.3. The second kappa shape index (κ2) is 11.9. The first kappa shape index (κ1) is 16.5. The van der Waals surface area contributed by atoms with E-state index < -0.39 is 0 Å². The lowest BCUT2D eigenvalue weighted by Gasteiger charge is -2.04. The number of carbonyl (C=O) groups is 1. The molecule has 2 radical (unpaired) electrons. The first-order valence-corrected chi connectivity index (χ1v) is 7.16. The molecule has 2 heteroatoms. The Morgan fingerprint density at radius 1 is 1.00 bits per heavy atom. The first-order valence-electron chi connectivity index (χ1n) is 7.16. The Morgan fingerprint density at radius 3 is 2.06 bits per heavy atom. The highest BCUT2D eigenvalue weighted by atomic mass is 16.1. The minimum Gasteiger partial charge on any atom is -0.273 e. The molecule has 0 saturated carbocycles. The molecule has 0 aromatic heterocycles. The third-order valence-corrected chi connectivity index (χ3v) is 2.77. The Bertz CT molecular complexity index is 178. The minimum atomic E-state index is 0.0933. The van der Waals surface area contributed by atoms with Crippen molar-refractivity contribution < 1.29 is 4.79 Å². The van der Waals surface area contributed by atoms with Crippen LogP contribution in [0.25, 0.3) is 0 Å². The normalized spacial score (nSPS) is 10.8. The molecule has 0 aromatic rings. The van der Waals surface area contributed by atoms with Gasteiger partial charge >= 0.3 is 0 Å². The van der Waals surface area contributed by atoms with Crippen LogP contribution in [-0.4, -0.2) is 12.5 Å². The Labute approximate surface area is 108 Å². The molecule has 17 heavy (non-hydrogen) atoms. The number of unbranched alkanes of at least 4 members (excludes halogenated alkanes) is 7. The zero-order chi connectivity index (χ0) is 12.9. The molecule has 0 bridgehead atoms. The highest BCUT2D eigenvalue weighted by Crippen LogP contribution is 2.09. The van der Waals surface area contributed by atoms with E-state index in [0.717, 1.165) is 12.8 Å². The molecule has 0 spiro atoms. The van der Waals surface area contributed by atoms with E-state index in [1.807, 2.05) is 0 Å². The van der Waals surface area contributed by atoms with Crippen LogP contribution in [0.2, 0.25) is 0 Å². The third kappa shape index (κ3) is 13.4. The molecular weight excluding hydrogens is 210 g/mol. The van der Waals surface area contributed by atoms with Crippen LogP contribution in [0.4, 0.5) is 0 Å². The third-order valence-electron chi connectivity index (χ3n) is 2.77. The van der Waals surface area contributed by atoms with E-state index in [9.17, 15) is 4.79 Å². The van der Waals surface area contributed by atoms with Gasteiger partial charge in [-0.15, -0.1) is 0 Å². The van der Waals surface area contributed by atoms with Crippen LogP contribution in [0.5, 0.6) is 0 Å². The fourth-order valence-electron chi connectivity index (χ4n) is 1.70. The predicted molar refractivity (Wildman–Crippen MR) is 73.8 cm³/mol. The molecule has 0 saturated heterocycles. The topological polar surface area (TPSA) is 31.2 Å². The van der Waals surface area contributed by atoms with Crippen LogP contribution < -0.4 is 5.32 Å². The van der Waals surface area contributed by atoms with Crippen molar-refractivity contribution >= 4 is 5.91 Å². The van der Waals surface area contributed by atoms with Crippen LogP contribution in [0, 0.1) is 12.8 Å². The Morgan fingerprint density at radius 2 is 1.53 bits per heavy atom. The number of nitrogens with zero attached hydrogens (tertiary/aromatic N) is 1. The number of hydrogen-bond acceptors (Lipinski definition) is 1. The van der Waals surface area contributed by atoms with Crippen molar-refractivity contribution in [3.63, 3.8) is 0 Å². The molecule has 0 heterocycles. The lowest BCUT2D eigenvalue weighted by Crippen LogP contribution is -2.19. The van der Waals surface area contributed by atoms with Crippen molar-refractivity contribution in [3.05, 3.63) is 6.92 Å². The Balaban J connectivity index is 3.14. The van der Waals surface area contributed by atoms with E-state index in [0.29, 0.717) is 18.9 Å². The number of hydrogen-bond donors (Lipinski definition) is 0. The van der Waals surface area contributed by atoms with Gasteiger partial charge in [0.15, 0.2) is 0 Å². The van der Waals surface area contributed by atoms with Gasteiger partial charge in [0, 0.05) is 13.0 Å². The van der Waals surface area contributed by atoms with E-state index in [1.165, 1.54) is 38.5 Å². The summed E-state index contributed by atoms with van der Waals surface area (Å²) in [6.07, 6.45) is 10.3. The molecule has 0 aliphatic heterocycles. The molecule has 0 rings (SSSR count). The fraction of sp³-hybridized carbons (Fsp3) is 0.867. The molecule has 1 amide bonds. The molecule has 0 aromatic carbocycles. The van der Waals surface area contributed by atoms with Crippen LogP contribution in [0.1, 0.15) is 71.6 Å². The fourth-order valence-corrected chi connectivity index (χ4v) is 1.70. The second-order valence-electron chi connectivity index (χ2n) is 5.21. The molecule has 0 aliphatic carbocycles. The highest BCUT2D eigenvalue weighted by Gasteiger charge is 2.03. The van der Waals surface area contributed by atoms with Gasteiger partial charge in [-0.1, -0.05) is 65.7 Å². The van der Waals surface area contributed by atoms with Gasteiger partial charge in [-0.3, -0.25) is 10.1 Å². The van der Waals surface area contributed by atoms with E-state index in [2.05, 4.69) is 26.1 Å². The zero-order valence-corrected chi connectivity index (χ0v) is 11.7. The van der Waals surface area contributed by atoms with Crippen molar-refractivity contribution in [3.8, 4) is 0 Å². The van der Waals surface area contributed by atoms with Crippen LogP contribution in [0.3, 0.4) is 0 Å². The Kier molecular flexibility index (Phi) is 11.6. The van der Waals surface area contributed by atoms with E-state index in [1.54, 1.807) is 0 Å². The molecular formula is C15H29NO. The zero-order valence-electron chi connectivity index (χ0n) is 11.7. The number of rotatable bonds is 11. The lowest BCUT2D eigenvalue weighted by molar-refractivity contribution is -0.121. The van der Waals surface area contributed by atoms with Gasteiger partial charge in [-0.25, -0.2) is 0 Å². The van der Waals surface area contributed by atoms with Gasteiger partial charge in [0.25, 0.3) is 0 Å². The quantitative estimate of drug-likeness (QED) is 0.499. The summed E-state index contributed by atoms with van der Waals surface area (Å²) in [5, 5.41) is 4.04. The van der Waals surface area contributed by atoms with Gasteiger partial charge in [-0.05, 0) is 12.3 Å². The largest absolute Gasteiger partial charge is 0.273 e. The van der Waals surface area contributed by atoms with Crippen LogP contribution in [-0.2, 0) is 4.79 Å². The maximum atomic E-state index is 11.3. The average molecular weight is 239 g/mol. The highest BCUT2D eigenvalue weighted by molar-refractivity contribution is 5.75. The Hall–Kier alpha value is -0.530. The minimum absolute atomic E-state index is 0.0933. The summed E-state index contributed by atoms with van der Waals surface area (Å²) in [7, 11) is 0. The maximum absolute atomic E-state index is 11.3. The molecule has 0 aliphatic rings.